The highest BCUT2D eigenvalue weighted by atomic mass is 127. The molecular formula is C21H16IN3O2. The van der Waals surface area contributed by atoms with Crippen LogP contribution in [-0.2, 0) is 0 Å². The van der Waals surface area contributed by atoms with Crippen molar-refractivity contribution in [3.8, 4) is 0 Å². The first-order valence-corrected chi connectivity index (χ1v) is 9.26. The molecule has 2 N–H and O–H groups in total. The van der Waals surface area contributed by atoms with E-state index in [4.69, 9.17) is 0 Å². The van der Waals surface area contributed by atoms with E-state index < -0.39 is 5.91 Å². The van der Waals surface area contributed by atoms with E-state index in [0.717, 1.165) is 9.13 Å². The largest absolute Gasteiger partial charge is 0.321 e. The van der Waals surface area contributed by atoms with Gasteiger partial charge in [0, 0.05) is 9.13 Å². The monoisotopic (exact) mass is 469 g/mol. The number of anilines is 1. The van der Waals surface area contributed by atoms with Crippen LogP contribution in [0, 0.1) is 3.57 Å². The number of carbonyl (C=O) groups is 2. The number of nitrogens with zero attached hydrogens (tertiary/aromatic N) is 1. The van der Waals surface area contributed by atoms with Crippen molar-refractivity contribution in [1.29, 1.82) is 0 Å². The van der Waals surface area contributed by atoms with Crippen LogP contribution in [0.5, 0.6) is 0 Å². The van der Waals surface area contributed by atoms with E-state index in [-0.39, 0.29) is 5.91 Å². The number of hydrogen-bond donors (Lipinski definition) is 2. The maximum Gasteiger partial charge on any atom is 0.273 e. The molecule has 0 bridgehead atoms. The summed E-state index contributed by atoms with van der Waals surface area (Å²) in [5.74, 6) is -0.681. The summed E-state index contributed by atoms with van der Waals surface area (Å²) in [5, 5.41) is 6.77. The Kier molecular flexibility index (Phi) is 6.32. The van der Waals surface area contributed by atoms with Crippen molar-refractivity contribution in [3.63, 3.8) is 0 Å². The number of carbonyl (C=O) groups excluding carboxylic acids is 2. The van der Waals surface area contributed by atoms with Crippen molar-refractivity contribution >= 4 is 46.3 Å². The van der Waals surface area contributed by atoms with Crippen LogP contribution in [0.4, 0.5) is 5.69 Å². The topological polar surface area (TPSA) is 70.6 Å². The Labute approximate surface area is 170 Å². The van der Waals surface area contributed by atoms with Crippen LogP contribution in [0.15, 0.2) is 84.0 Å². The molecule has 0 fully saturated rings. The van der Waals surface area contributed by atoms with Gasteiger partial charge in [-0.25, -0.2) is 5.43 Å². The van der Waals surface area contributed by atoms with Gasteiger partial charge in [-0.15, -0.1) is 0 Å². The molecule has 2 amide bonds. The molecule has 3 rings (SSSR count). The lowest BCUT2D eigenvalue weighted by atomic mass is 10.1. The average Bonchev–Trinajstić information content (AvgIpc) is 2.69. The molecule has 0 saturated carbocycles. The van der Waals surface area contributed by atoms with E-state index in [1.807, 2.05) is 30.3 Å². The van der Waals surface area contributed by atoms with Gasteiger partial charge in [-0.05, 0) is 64.6 Å². The summed E-state index contributed by atoms with van der Waals surface area (Å²) in [7, 11) is 0. The molecule has 0 radical (unpaired) electrons. The lowest BCUT2D eigenvalue weighted by molar-refractivity contribution is 0.0956. The third-order valence-corrected chi connectivity index (χ3v) is 4.36. The summed E-state index contributed by atoms with van der Waals surface area (Å²) in [4.78, 5) is 24.8. The number of amides is 2. The van der Waals surface area contributed by atoms with Gasteiger partial charge >= 0.3 is 0 Å². The number of para-hydroxylation sites is 1. The van der Waals surface area contributed by atoms with Crippen LogP contribution in [0.1, 0.15) is 26.3 Å². The zero-order valence-electron chi connectivity index (χ0n) is 14.2. The van der Waals surface area contributed by atoms with Crippen molar-refractivity contribution in [2.24, 2.45) is 5.10 Å². The van der Waals surface area contributed by atoms with Gasteiger partial charge in [-0.2, -0.15) is 5.10 Å². The summed E-state index contributed by atoms with van der Waals surface area (Å²) in [6.45, 7) is 0. The molecule has 5 nitrogen and oxygen atoms in total. The normalized spacial score (nSPS) is 10.6. The van der Waals surface area contributed by atoms with Crippen molar-refractivity contribution in [1.82, 2.24) is 5.43 Å². The van der Waals surface area contributed by atoms with Crippen molar-refractivity contribution < 1.29 is 9.59 Å². The zero-order valence-corrected chi connectivity index (χ0v) is 16.4. The second-order valence-electron chi connectivity index (χ2n) is 5.62. The average molecular weight is 469 g/mol. The first-order chi connectivity index (χ1) is 13.1. The number of halogens is 1. The Balaban J connectivity index is 1.71. The van der Waals surface area contributed by atoms with Gasteiger partial charge < -0.3 is 5.32 Å². The predicted octanol–water partition coefficient (Wildman–Crippen LogP) is 4.31. The van der Waals surface area contributed by atoms with E-state index in [2.05, 4.69) is 38.4 Å². The first-order valence-electron chi connectivity index (χ1n) is 8.18. The minimum Gasteiger partial charge on any atom is -0.321 e. The molecule has 3 aromatic rings. The van der Waals surface area contributed by atoms with Gasteiger partial charge in [0.25, 0.3) is 11.8 Å². The van der Waals surface area contributed by atoms with Gasteiger partial charge in [0.15, 0.2) is 0 Å². The molecular weight excluding hydrogens is 453 g/mol. The van der Waals surface area contributed by atoms with Crippen LogP contribution in [0.3, 0.4) is 0 Å². The second-order valence-corrected chi connectivity index (χ2v) is 6.87. The Hall–Kier alpha value is -3.00. The standard InChI is InChI=1S/C21H16IN3O2/c22-17-10-6-7-15(13-17)14-23-25-21(27)18-11-4-5-12-19(18)24-20(26)16-8-2-1-3-9-16/h1-14H,(H,24,26)(H,25,27). The molecule has 0 aromatic heterocycles. The molecule has 0 spiro atoms. The van der Waals surface area contributed by atoms with Crippen LogP contribution in [-0.4, -0.2) is 18.0 Å². The highest BCUT2D eigenvalue weighted by Crippen LogP contribution is 2.16. The molecule has 6 heteroatoms. The van der Waals surface area contributed by atoms with Crippen LogP contribution in [0.25, 0.3) is 0 Å². The fourth-order valence-corrected chi connectivity index (χ4v) is 2.95. The molecule has 27 heavy (non-hydrogen) atoms. The minimum atomic E-state index is -0.402. The van der Waals surface area contributed by atoms with Crippen LogP contribution >= 0.6 is 22.6 Å². The highest BCUT2D eigenvalue weighted by Gasteiger charge is 2.13. The number of nitrogens with one attached hydrogen (secondary N) is 2. The quantitative estimate of drug-likeness (QED) is 0.332. The molecule has 0 saturated heterocycles. The molecule has 0 atom stereocenters. The van der Waals surface area contributed by atoms with E-state index in [1.165, 1.54) is 0 Å². The summed E-state index contributed by atoms with van der Waals surface area (Å²) in [5.41, 5.74) is 4.66. The van der Waals surface area contributed by atoms with E-state index in [0.29, 0.717) is 16.8 Å². The van der Waals surface area contributed by atoms with E-state index in [9.17, 15) is 9.59 Å². The van der Waals surface area contributed by atoms with Crippen molar-refractivity contribution in [2.45, 2.75) is 0 Å². The smallest absolute Gasteiger partial charge is 0.273 e. The van der Waals surface area contributed by atoms with Crippen molar-refractivity contribution in [2.75, 3.05) is 5.32 Å². The van der Waals surface area contributed by atoms with Gasteiger partial charge in [0.05, 0.1) is 17.5 Å². The minimum absolute atomic E-state index is 0.279. The van der Waals surface area contributed by atoms with E-state index in [1.54, 1.807) is 54.7 Å². The summed E-state index contributed by atoms with van der Waals surface area (Å²) >= 11 is 2.21. The fraction of sp³-hybridized carbons (Fsp3) is 0. The summed E-state index contributed by atoms with van der Waals surface area (Å²) in [6.07, 6.45) is 1.57. The van der Waals surface area contributed by atoms with E-state index >= 15 is 0 Å². The highest BCUT2D eigenvalue weighted by molar-refractivity contribution is 14.1. The molecule has 0 unspecified atom stereocenters. The van der Waals surface area contributed by atoms with Gasteiger partial charge in [-0.1, -0.05) is 42.5 Å². The Bertz CT molecular complexity index is 987. The third-order valence-electron chi connectivity index (χ3n) is 3.68. The Morgan fingerprint density at radius 3 is 2.37 bits per heavy atom. The lowest BCUT2D eigenvalue weighted by Crippen LogP contribution is -2.21. The molecule has 0 aliphatic rings. The number of hydrogen-bond acceptors (Lipinski definition) is 3. The Morgan fingerprint density at radius 1 is 0.852 bits per heavy atom. The molecule has 134 valence electrons. The Morgan fingerprint density at radius 2 is 1.59 bits per heavy atom. The van der Waals surface area contributed by atoms with Crippen LogP contribution < -0.4 is 10.7 Å². The molecule has 0 heterocycles. The molecule has 0 aliphatic carbocycles. The zero-order chi connectivity index (χ0) is 19.1. The predicted molar refractivity (Wildman–Crippen MR) is 115 cm³/mol. The first kappa shape index (κ1) is 18.8. The number of hydrazone groups is 1. The van der Waals surface area contributed by atoms with Gasteiger partial charge in [0.2, 0.25) is 0 Å². The summed E-state index contributed by atoms with van der Waals surface area (Å²) < 4.78 is 1.08. The fourth-order valence-electron chi connectivity index (χ4n) is 2.39. The third kappa shape index (κ3) is 5.24. The summed E-state index contributed by atoms with van der Waals surface area (Å²) in [6, 6.07) is 23.4. The maximum absolute atomic E-state index is 12.5. The van der Waals surface area contributed by atoms with Crippen LogP contribution in [0.2, 0.25) is 0 Å². The lowest BCUT2D eigenvalue weighted by Gasteiger charge is -2.10. The van der Waals surface area contributed by atoms with Crippen molar-refractivity contribution in [3.05, 3.63) is 99.1 Å². The SMILES string of the molecule is O=C(Nc1ccccc1C(=O)NN=Cc1cccc(I)c1)c1ccccc1. The van der Waals surface area contributed by atoms with Gasteiger partial charge in [0.1, 0.15) is 0 Å². The van der Waals surface area contributed by atoms with Gasteiger partial charge in [-0.3, -0.25) is 9.59 Å². The maximum atomic E-state index is 12.5. The second kappa shape index (κ2) is 9.09. The molecule has 0 aliphatic heterocycles. The molecule has 3 aromatic carbocycles. The number of rotatable bonds is 5. The number of benzene rings is 3.